The molecule has 8 heteroatoms. The van der Waals surface area contributed by atoms with Crippen LogP contribution >= 0.6 is 11.6 Å². The van der Waals surface area contributed by atoms with E-state index in [2.05, 4.69) is 5.32 Å². The Bertz CT molecular complexity index is 1250. The monoisotopic (exact) mass is 447 g/mol. The average Bonchev–Trinajstić information content (AvgIpc) is 3.03. The molecule has 0 bridgehead atoms. The molecular formula is C24H18ClN3O4. The molecule has 0 radical (unpaired) electrons. The highest BCUT2D eigenvalue weighted by Crippen LogP contribution is 2.35. The van der Waals surface area contributed by atoms with Gasteiger partial charge >= 0.3 is 0 Å². The van der Waals surface area contributed by atoms with Gasteiger partial charge in [-0.25, -0.2) is 4.90 Å². The number of nitrogens with one attached hydrogen (secondary N) is 1. The van der Waals surface area contributed by atoms with Crippen LogP contribution in [0.25, 0.3) is 5.57 Å². The lowest BCUT2D eigenvalue weighted by atomic mass is 10.0. The third-order valence-electron chi connectivity index (χ3n) is 5.15. The number of hydrogen-bond acceptors (Lipinski definition) is 5. The first-order valence-electron chi connectivity index (χ1n) is 9.88. The van der Waals surface area contributed by atoms with E-state index in [9.17, 15) is 19.7 Å². The summed E-state index contributed by atoms with van der Waals surface area (Å²) in [5.74, 6) is -1.08. The summed E-state index contributed by atoms with van der Waals surface area (Å²) in [4.78, 5) is 38.3. The van der Waals surface area contributed by atoms with E-state index in [-0.39, 0.29) is 17.0 Å². The molecule has 32 heavy (non-hydrogen) atoms. The molecule has 0 saturated carbocycles. The van der Waals surface area contributed by atoms with Crippen LogP contribution in [0.15, 0.2) is 78.5 Å². The van der Waals surface area contributed by atoms with E-state index < -0.39 is 16.7 Å². The Morgan fingerprint density at radius 1 is 0.969 bits per heavy atom. The standard InChI is InChI=1S/C24H18ClN3O4/c1-2-15-6-10-18(11-7-15)26-22-21(16-8-12-19(13-9-16)28(31)32)23(29)27(24(22)30)20-5-3-4-17(25)14-20/h3-14,26H,2H2,1H3. The van der Waals surface area contributed by atoms with Gasteiger partial charge in [-0.15, -0.1) is 0 Å². The van der Waals surface area contributed by atoms with E-state index >= 15 is 0 Å². The van der Waals surface area contributed by atoms with Crippen molar-refractivity contribution >= 4 is 46.1 Å². The largest absolute Gasteiger partial charge is 0.350 e. The van der Waals surface area contributed by atoms with Crippen molar-refractivity contribution < 1.29 is 14.5 Å². The van der Waals surface area contributed by atoms with Crippen molar-refractivity contribution in [2.24, 2.45) is 0 Å². The molecule has 4 rings (SSSR count). The number of nitro groups is 1. The maximum atomic E-state index is 13.4. The zero-order valence-electron chi connectivity index (χ0n) is 17.0. The second kappa shape index (κ2) is 8.64. The van der Waals surface area contributed by atoms with Crippen molar-refractivity contribution in [3.05, 3.63) is 105 Å². The van der Waals surface area contributed by atoms with Crippen molar-refractivity contribution in [2.75, 3.05) is 10.2 Å². The molecule has 0 saturated heterocycles. The van der Waals surface area contributed by atoms with Gasteiger partial charge in [-0.1, -0.05) is 36.7 Å². The van der Waals surface area contributed by atoms with Gasteiger partial charge in [-0.2, -0.15) is 0 Å². The molecule has 1 aliphatic rings. The van der Waals surface area contributed by atoms with Gasteiger partial charge < -0.3 is 5.32 Å². The lowest BCUT2D eigenvalue weighted by molar-refractivity contribution is -0.384. The Labute approximate surface area is 189 Å². The topological polar surface area (TPSA) is 92.6 Å². The van der Waals surface area contributed by atoms with E-state index in [1.54, 1.807) is 18.2 Å². The Hall–Kier alpha value is -3.97. The minimum atomic E-state index is -0.543. The van der Waals surface area contributed by atoms with Crippen LogP contribution in [0.3, 0.4) is 0 Å². The molecule has 1 aliphatic heterocycles. The highest BCUT2D eigenvalue weighted by Gasteiger charge is 2.40. The predicted molar refractivity (Wildman–Crippen MR) is 123 cm³/mol. The van der Waals surface area contributed by atoms with Crippen molar-refractivity contribution in [2.45, 2.75) is 13.3 Å². The molecule has 0 spiro atoms. The molecule has 1 N–H and O–H groups in total. The van der Waals surface area contributed by atoms with Crippen LogP contribution in [-0.2, 0) is 16.0 Å². The molecular weight excluding hydrogens is 430 g/mol. The summed E-state index contributed by atoms with van der Waals surface area (Å²) in [6, 6.07) is 19.5. The third-order valence-corrected chi connectivity index (χ3v) is 5.38. The van der Waals surface area contributed by atoms with Crippen LogP contribution in [0, 0.1) is 10.1 Å². The predicted octanol–water partition coefficient (Wildman–Crippen LogP) is 5.21. The van der Waals surface area contributed by atoms with E-state index in [1.165, 1.54) is 30.3 Å². The highest BCUT2D eigenvalue weighted by molar-refractivity contribution is 6.46. The maximum Gasteiger partial charge on any atom is 0.282 e. The summed E-state index contributed by atoms with van der Waals surface area (Å²) in [7, 11) is 0. The van der Waals surface area contributed by atoms with E-state index in [1.807, 2.05) is 31.2 Å². The first kappa shape index (κ1) is 21.3. The van der Waals surface area contributed by atoms with Gasteiger partial charge in [0, 0.05) is 22.8 Å². The maximum absolute atomic E-state index is 13.4. The summed E-state index contributed by atoms with van der Waals surface area (Å²) in [5, 5.41) is 14.5. The molecule has 2 amide bonds. The molecule has 0 aromatic heterocycles. The molecule has 7 nitrogen and oxygen atoms in total. The molecule has 0 aliphatic carbocycles. The fraction of sp³-hybridized carbons (Fsp3) is 0.0833. The van der Waals surface area contributed by atoms with Crippen molar-refractivity contribution in [3.63, 3.8) is 0 Å². The van der Waals surface area contributed by atoms with Crippen LogP contribution in [0.2, 0.25) is 5.02 Å². The minimum Gasteiger partial charge on any atom is -0.350 e. The fourth-order valence-corrected chi connectivity index (χ4v) is 3.67. The van der Waals surface area contributed by atoms with Gasteiger partial charge in [0.15, 0.2) is 0 Å². The normalized spacial score (nSPS) is 13.6. The number of hydrogen-bond donors (Lipinski definition) is 1. The SMILES string of the molecule is CCc1ccc(NC2=C(c3ccc([N+](=O)[O-])cc3)C(=O)N(c3cccc(Cl)c3)C2=O)cc1. The Kier molecular flexibility index (Phi) is 5.75. The first-order valence-corrected chi connectivity index (χ1v) is 10.3. The molecule has 3 aromatic rings. The summed E-state index contributed by atoms with van der Waals surface area (Å²) in [6.07, 6.45) is 0.872. The van der Waals surface area contributed by atoms with E-state index in [0.29, 0.717) is 22.0 Å². The first-order chi connectivity index (χ1) is 15.4. The van der Waals surface area contributed by atoms with Crippen LogP contribution in [0.1, 0.15) is 18.1 Å². The van der Waals surface area contributed by atoms with E-state index in [4.69, 9.17) is 11.6 Å². The number of anilines is 2. The minimum absolute atomic E-state index is 0.0908. The number of non-ortho nitro benzene ring substituents is 1. The zero-order valence-corrected chi connectivity index (χ0v) is 17.8. The zero-order chi connectivity index (χ0) is 22.8. The van der Waals surface area contributed by atoms with Gasteiger partial charge in [0.05, 0.1) is 16.2 Å². The number of aryl methyl sites for hydroxylation is 1. The van der Waals surface area contributed by atoms with Crippen molar-refractivity contribution in [3.8, 4) is 0 Å². The summed E-state index contributed by atoms with van der Waals surface area (Å²) >= 11 is 6.07. The van der Waals surface area contributed by atoms with Crippen LogP contribution in [0.5, 0.6) is 0 Å². The van der Waals surface area contributed by atoms with Gasteiger partial charge in [0.1, 0.15) is 5.70 Å². The number of amides is 2. The number of imide groups is 1. The quantitative estimate of drug-likeness (QED) is 0.318. The van der Waals surface area contributed by atoms with Crippen LogP contribution < -0.4 is 10.2 Å². The number of carbonyl (C=O) groups is 2. The van der Waals surface area contributed by atoms with Crippen molar-refractivity contribution in [1.82, 2.24) is 0 Å². The van der Waals surface area contributed by atoms with Gasteiger partial charge in [0.25, 0.3) is 17.5 Å². The number of halogens is 1. The number of nitrogens with zero attached hydrogens (tertiary/aromatic N) is 2. The highest BCUT2D eigenvalue weighted by atomic mass is 35.5. The molecule has 0 atom stereocenters. The molecule has 3 aromatic carbocycles. The third kappa shape index (κ3) is 3.98. The second-order valence-electron chi connectivity index (χ2n) is 7.16. The lowest BCUT2D eigenvalue weighted by Gasteiger charge is -2.15. The Morgan fingerprint density at radius 3 is 2.25 bits per heavy atom. The van der Waals surface area contributed by atoms with Crippen molar-refractivity contribution in [1.29, 1.82) is 0 Å². The molecule has 0 unspecified atom stereocenters. The molecule has 1 heterocycles. The average molecular weight is 448 g/mol. The number of nitro benzene ring substituents is 1. The van der Waals surface area contributed by atoms with Crippen LogP contribution in [0.4, 0.5) is 17.1 Å². The van der Waals surface area contributed by atoms with Crippen LogP contribution in [-0.4, -0.2) is 16.7 Å². The van der Waals surface area contributed by atoms with Gasteiger partial charge in [0.2, 0.25) is 0 Å². The molecule has 0 fully saturated rings. The summed E-state index contributed by atoms with van der Waals surface area (Å²) in [6.45, 7) is 2.04. The van der Waals surface area contributed by atoms with Gasteiger partial charge in [-0.05, 0) is 60.0 Å². The fourth-order valence-electron chi connectivity index (χ4n) is 3.48. The molecule has 160 valence electrons. The van der Waals surface area contributed by atoms with Gasteiger partial charge in [-0.3, -0.25) is 19.7 Å². The summed E-state index contributed by atoms with van der Waals surface area (Å²) in [5.41, 5.74) is 2.62. The Balaban J connectivity index is 1.80. The number of benzene rings is 3. The smallest absolute Gasteiger partial charge is 0.282 e. The number of rotatable bonds is 6. The van der Waals surface area contributed by atoms with E-state index in [0.717, 1.165) is 16.9 Å². The lowest BCUT2D eigenvalue weighted by Crippen LogP contribution is -2.32. The number of carbonyl (C=O) groups excluding carboxylic acids is 2. The second-order valence-corrected chi connectivity index (χ2v) is 7.59. The Morgan fingerprint density at radius 2 is 1.66 bits per heavy atom. The summed E-state index contributed by atoms with van der Waals surface area (Å²) < 4.78 is 0.